The molecule has 0 fully saturated rings. The quantitative estimate of drug-likeness (QED) is 0.370. The fourth-order valence-electron chi connectivity index (χ4n) is 3.01. The van der Waals surface area contributed by atoms with Gasteiger partial charge >= 0.3 is 6.18 Å². The molecule has 0 radical (unpaired) electrons. The number of amides is 2. The molecule has 33 heavy (non-hydrogen) atoms. The Morgan fingerprint density at radius 1 is 1.15 bits per heavy atom. The minimum absolute atomic E-state index is 0.0838. The van der Waals surface area contributed by atoms with Gasteiger partial charge in [0.15, 0.2) is 0 Å². The van der Waals surface area contributed by atoms with Gasteiger partial charge in [0.1, 0.15) is 12.0 Å². The van der Waals surface area contributed by atoms with E-state index in [0.717, 1.165) is 17.0 Å². The van der Waals surface area contributed by atoms with Crippen LogP contribution in [0.2, 0.25) is 0 Å². The molecule has 3 heterocycles. The van der Waals surface area contributed by atoms with Crippen LogP contribution in [-0.2, 0) is 17.4 Å². The van der Waals surface area contributed by atoms with E-state index in [1.807, 2.05) is 17.5 Å². The molecule has 0 aliphatic heterocycles. The number of nitrogens with zero attached hydrogens (tertiary/aromatic N) is 1. The molecule has 7 nitrogen and oxygen atoms in total. The number of nitrogens with one attached hydrogen (secondary N) is 2. The molecule has 0 spiro atoms. The summed E-state index contributed by atoms with van der Waals surface area (Å²) in [6, 6.07) is 8.11. The molecule has 4 rings (SSSR count). The summed E-state index contributed by atoms with van der Waals surface area (Å²) in [6.45, 7) is 1.63. The topological polar surface area (TPSA) is 97.4 Å². The van der Waals surface area contributed by atoms with Gasteiger partial charge in [-0.2, -0.15) is 13.2 Å². The van der Waals surface area contributed by atoms with Gasteiger partial charge in [-0.25, -0.2) is 4.98 Å². The summed E-state index contributed by atoms with van der Waals surface area (Å²) in [6.07, 6.45) is -2.59. The molecular formula is C22H16F3N3O4S. The van der Waals surface area contributed by atoms with E-state index >= 15 is 0 Å². The number of carbonyl (C=O) groups is 2. The van der Waals surface area contributed by atoms with Crippen molar-refractivity contribution >= 4 is 34.5 Å². The van der Waals surface area contributed by atoms with Crippen LogP contribution in [0.5, 0.6) is 0 Å². The third kappa shape index (κ3) is 5.14. The van der Waals surface area contributed by atoms with Crippen LogP contribution in [0.3, 0.4) is 0 Å². The summed E-state index contributed by atoms with van der Waals surface area (Å²) in [5.41, 5.74) is -1.14. The molecule has 4 aromatic rings. The molecule has 0 aliphatic carbocycles. The second kappa shape index (κ2) is 8.94. The largest absolute Gasteiger partial charge is 0.472 e. The maximum Gasteiger partial charge on any atom is 0.418 e. The Morgan fingerprint density at radius 3 is 2.64 bits per heavy atom. The number of halogens is 3. The van der Waals surface area contributed by atoms with Crippen LogP contribution >= 0.6 is 11.3 Å². The zero-order valence-electron chi connectivity index (χ0n) is 17.0. The van der Waals surface area contributed by atoms with Crippen LogP contribution in [0.4, 0.5) is 24.5 Å². The zero-order valence-corrected chi connectivity index (χ0v) is 17.8. The number of oxazole rings is 1. The van der Waals surface area contributed by atoms with E-state index in [9.17, 15) is 22.8 Å². The van der Waals surface area contributed by atoms with Gasteiger partial charge in [0.2, 0.25) is 11.8 Å². The fourth-order valence-corrected chi connectivity index (χ4v) is 3.66. The average molecular weight is 475 g/mol. The highest BCUT2D eigenvalue weighted by molar-refractivity contribution is 7.13. The molecule has 0 saturated carbocycles. The van der Waals surface area contributed by atoms with Crippen molar-refractivity contribution in [3.05, 3.63) is 76.9 Å². The maximum absolute atomic E-state index is 13.6. The first kappa shape index (κ1) is 22.3. The van der Waals surface area contributed by atoms with E-state index in [0.29, 0.717) is 17.3 Å². The van der Waals surface area contributed by atoms with Crippen LogP contribution in [0.1, 0.15) is 27.4 Å². The molecule has 170 valence electrons. The number of furan rings is 1. The molecule has 3 aromatic heterocycles. The van der Waals surface area contributed by atoms with E-state index in [1.165, 1.54) is 36.0 Å². The summed E-state index contributed by atoms with van der Waals surface area (Å²) in [5, 5.41) is 6.50. The Kier molecular flexibility index (Phi) is 6.05. The predicted octanol–water partition coefficient (Wildman–Crippen LogP) is 5.76. The van der Waals surface area contributed by atoms with Gasteiger partial charge in [0, 0.05) is 5.69 Å². The fraction of sp³-hybridized carbons (Fsp3) is 0.136. The van der Waals surface area contributed by atoms with Crippen LogP contribution in [0.15, 0.2) is 63.1 Å². The molecule has 1 aromatic carbocycles. The molecule has 2 N–H and O–H groups in total. The van der Waals surface area contributed by atoms with E-state index < -0.39 is 29.2 Å². The first-order valence-electron chi connectivity index (χ1n) is 9.55. The van der Waals surface area contributed by atoms with Crippen molar-refractivity contribution in [2.75, 3.05) is 10.6 Å². The average Bonchev–Trinajstić information content (AvgIpc) is 3.51. The molecule has 11 heteroatoms. The Bertz CT molecular complexity index is 1280. The number of aryl methyl sites for hydroxylation is 1. The van der Waals surface area contributed by atoms with Crippen molar-refractivity contribution in [1.29, 1.82) is 0 Å². The van der Waals surface area contributed by atoms with E-state index in [-0.39, 0.29) is 17.7 Å². The Morgan fingerprint density at radius 2 is 1.97 bits per heavy atom. The lowest BCUT2D eigenvalue weighted by Gasteiger charge is -2.15. The van der Waals surface area contributed by atoms with Crippen molar-refractivity contribution in [1.82, 2.24) is 4.98 Å². The summed E-state index contributed by atoms with van der Waals surface area (Å²) < 4.78 is 51.3. The van der Waals surface area contributed by atoms with Crippen LogP contribution in [-0.4, -0.2) is 16.8 Å². The lowest BCUT2D eigenvalue weighted by Crippen LogP contribution is -2.19. The van der Waals surface area contributed by atoms with E-state index in [2.05, 4.69) is 15.6 Å². The van der Waals surface area contributed by atoms with Crippen molar-refractivity contribution in [2.45, 2.75) is 19.5 Å². The van der Waals surface area contributed by atoms with E-state index in [4.69, 9.17) is 8.83 Å². The van der Waals surface area contributed by atoms with Gasteiger partial charge < -0.3 is 19.5 Å². The first-order valence-corrected chi connectivity index (χ1v) is 10.4. The molecule has 0 saturated heterocycles. The number of alkyl halides is 3. The monoisotopic (exact) mass is 475 g/mol. The van der Waals surface area contributed by atoms with Crippen molar-refractivity contribution < 1.29 is 31.6 Å². The first-order chi connectivity index (χ1) is 15.7. The smallest absolute Gasteiger partial charge is 0.418 e. The number of hydrogen-bond acceptors (Lipinski definition) is 6. The lowest BCUT2D eigenvalue weighted by molar-refractivity contribution is -0.136. The number of thiophene rings is 1. The lowest BCUT2D eigenvalue weighted by atomic mass is 10.1. The van der Waals surface area contributed by atoms with Crippen LogP contribution in [0, 0.1) is 6.92 Å². The Balaban J connectivity index is 1.51. The van der Waals surface area contributed by atoms with Crippen molar-refractivity contribution in [3.63, 3.8) is 0 Å². The molecule has 0 unspecified atom stereocenters. The van der Waals surface area contributed by atoms with Crippen molar-refractivity contribution in [2.24, 2.45) is 0 Å². The second-order valence-electron chi connectivity index (χ2n) is 6.95. The number of anilines is 2. The minimum Gasteiger partial charge on any atom is -0.472 e. The van der Waals surface area contributed by atoms with Gasteiger partial charge in [0.25, 0.3) is 5.91 Å². The van der Waals surface area contributed by atoms with Crippen LogP contribution < -0.4 is 10.6 Å². The maximum atomic E-state index is 13.6. The SMILES string of the molecule is Cc1oc(-c2cccs2)nc1CC(=O)Nc1ccc(NC(=O)c2ccoc2)cc1C(F)(F)F. The van der Waals surface area contributed by atoms with E-state index in [1.54, 1.807) is 6.92 Å². The standard InChI is InChI=1S/C22H16F3N3O4S/c1-12-17(28-21(32-12)18-3-2-8-33-18)10-19(29)27-16-5-4-14(9-15(16)22(23,24)25)26-20(30)13-6-7-31-11-13/h2-9,11H,10H2,1H3,(H,26,30)(H,27,29). The van der Waals surface area contributed by atoms with Gasteiger partial charge in [-0.05, 0) is 42.6 Å². The predicted molar refractivity (Wildman–Crippen MR) is 115 cm³/mol. The van der Waals surface area contributed by atoms with Crippen molar-refractivity contribution in [3.8, 4) is 10.8 Å². The summed E-state index contributed by atoms with van der Waals surface area (Å²) in [5.74, 6) is -0.567. The zero-order chi connectivity index (χ0) is 23.6. The van der Waals surface area contributed by atoms with Gasteiger partial charge in [-0.3, -0.25) is 9.59 Å². The van der Waals surface area contributed by atoms with Gasteiger partial charge in [-0.1, -0.05) is 6.07 Å². The Labute approximate surface area is 189 Å². The number of hydrogen-bond donors (Lipinski definition) is 2. The third-order valence-electron chi connectivity index (χ3n) is 4.59. The number of rotatable bonds is 6. The summed E-state index contributed by atoms with van der Waals surface area (Å²) in [4.78, 5) is 29.6. The summed E-state index contributed by atoms with van der Waals surface area (Å²) >= 11 is 1.41. The van der Waals surface area contributed by atoms with Gasteiger partial charge in [0.05, 0.1) is 40.1 Å². The Hall–Kier alpha value is -3.86. The third-order valence-corrected chi connectivity index (χ3v) is 5.45. The molecule has 0 atom stereocenters. The highest BCUT2D eigenvalue weighted by Gasteiger charge is 2.34. The molecule has 0 aliphatic rings. The number of carbonyl (C=O) groups excluding carboxylic acids is 2. The van der Waals surface area contributed by atoms with Gasteiger partial charge in [-0.15, -0.1) is 11.3 Å². The number of benzene rings is 1. The summed E-state index contributed by atoms with van der Waals surface area (Å²) in [7, 11) is 0. The molecule has 0 bridgehead atoms. The molecule has 2 amide bonds. The highest BCUT2D eigenvalue weighted by atomic mass is 32.1. The minimum atomic E-state index is -4.77. The van der Waals surface area contributed by atoms with Crippen LogP contribution in [0.25, 0.3) is 10.8 Å². The normalized spacial score (nSPS) is 11.4. The number of aromatic nitrogens is 1. The second-order valence-corrected chi connectivity index (χ2v) is 7.90. The molecular weight excluding hydrogens is 459 g/mol. The highest BCUT2D eigenvalue weighted by Crippen LogP contribution is 2.37.